The van der Waals surface area contributed by atoms with Gasteiger partial charge in [-0.3, -0.25) is 19.5 Å². The molecule has 5 rings (SSSR count). The zero-order valence-corrected chi connectivity index (χ0v) is 28.2. The molecule has 4 aromatic rings. The molecule has 1 saturated heterocycles. The van der Waals surface area contributed by atoms with Crippen LogP contribution < -0.4 is 9.47 Å². The molecule has 1 aromatic heterocycles. The van der Waals surface area contributed by atoms with Crippen LogP contribution in [0, 0.1) is 25.2 Å². The van der Waals surface area contributed by atoms with Crippen LogP contribution in [-0.2, 0) is 24.6 Å². The molecule has 0 spiro atoms. The molecule has 3 aromatic carbocycles. The lowest BCUT2D eigenvalue weighted by atomic mass is 9.91. The lowest BCUT2D eigenvalue weighted by Crippen LogP contribution is -2.22. The van der Waals surface area contributed by atoms with Gasteiger partial charge >= 0.3 is 0 Å². The number of pyridine rings is 1. The van der Waals surface area contributed by atoms with Crippen molar-refractivity contribution in [2.24, 2.45) is 0 Å². The molecule has 11 heteroatoms. The number of amides is 1. The standard InChI is InChI=1S/C36H37ClN4O4.CH2O2/c1-23-27(7-5-8-30(23)31-9-6-10-32(24(31)2)36(43)40(3)4)22-45-35-15-34(44-21-26-13-25(16-38)17-39-18-26)28(14-33(35)37)19-41-12-11-29(42)20-41;2-1-3/h5-10,13-15,17-18,29,42H,11-12,19-22H2,1-4H3;1H,(H,2,3). The van der Waals surface area contributed by atoms with Crippen molar-refractivity contribution in [1.82, 2.24) is 14.8 Å². The molecular weight excluding hydrogens is 632 g/mol. The maximum absolute atomic E-state index is 12.8. The van der Waals surface area contributed by atoms with Gasteiger partial charge in [0, 0.05) is 68.9 Å². The summed E-state index contributed by atoms with van der Waals surface area (Å²) in [5.41, 5.74) is 7.80. The predicted octanol–water partition coefficient (Wildman–Crippen LogP) is 6.02. The molecule has 0 aliphatic carbocycles. The average Bonchev–Trinajstić information content (AvgIpc) is 3.48. The van der Waals surface area contributed by atoms with Crippen molar-refractivity contribution in [3.63, 3.8) is 0 Å². The quantitative estimate of drug-likeness (QED) is 0.194. The molecule has 250 valence electrons. The maximum Gasteiger partial charge on any atom is 0.290 e. The fourth-order valence-corrected chi connectivity index (χ4v) is 5.86. The summed E-state index contributed by atoms with van der Waals surface area (Å²) in [7, 11) is 3.51. The molecule has 0 radical (unpaired) electrons. The third-order valence-corrected chi connectivity index (χ3v) is 8.46. The van der Waals surface area contributed by atoms with E-state index < -0.39 is 0 Å². The Balaban J connectivity index is 0.00000167. The van der Waals surface area contributed by atoms with E-state index >= 15 is 0 Å². The van der Waals surface area contributed by atoms with Crippen molar-refractivity contribution in [1.29, 1.82) is 5.26 Å². The molecule has 1 aliphatic heterocycles. The van der Waals surface area contributed by atoms with E-state index in [0.29, 0.717) is 40.7 Å². The second-order valence-corrected chi connectivity index (χ2v) is 12.1. The van der Waals surface area contributed by atoms with Gasteiger partial charge in [-0.25, -0.2) is 0 Å². The molecule has 10 nitrogen and oxygen atoms in total. The van der Waals surface area contributed by atoms with E-state index in [4.69, 9.17) is 31.0 Å². The zero-order valence-electron chi connectivity index (χ0n) is 27.4. The maximum atomic E-state index is 12.8. The van der Waals surface area contributed by atoms with E-state index in [0.717, 1.165) is 51.9 Å². The first kappa shape index (κ1) is 35.9. The van der Waals surface area contributed by atoms with Crippen LogP contribution in [0.2, 0.25) is 5.02 Å². The Morgan fingerprint density at radius 2 is 1.73 bits per heavy atom. The van der Waals surface area contributed by atoms with E-state index in [1.165, 1.54) is 6.20 Å². The Kier molecular flexibility index (Phi) is 12.5. The normalized spacial score (nSPS) is 14.0. The number of nitriles is 1. The number of halogens is 1. The molecule has 1 aliphatic rings. The summed E-state index contributed by atoms with van der Waals surface area (Å²) in [4.78, 5) is 29.0. The van der Waals surface area contributed by atoms with Crippen molar-refractivity contribution in [3.05, 3.63) is 111 Å². The highest BCUT2D eigenvalue weighted by atomic mass is 35.5. The number of carbonyl (C=O) groups is 2. The van der Waals surface area contributed by atoms with Gasteiger partial charge in [0.15, 0.2) is 0 Å². The van der Waals surface area contributed by atoms with E-state index in [2.05, 4.69) is 28.9 Å². The number of ether oxygens (including phenoxy) is 2. The Morgan fingerprint density at radius 3 is 2.40 bits per heavy atom. The molecule has 1 amide bonds. The minimum atomic E-state index is -0.342. The number of hydrogen-bond acceptors (Lipinski definition) is 8. The van der Waals surface area contributed by atoms with Crippen LogP contribution >= 0.6 is 11.6 Å². The van der Waals surface area contributed by atoms with Gasteiger partial charge in [-0.05, 0) is 66.3 Å². The summed E-state index contributed by atoms with van der Waals surface area (Å²) in [6, 6.07) is 19.4. The highest BCUT2D eigenvalue weighted by Gasteiger charge is 2.23. The topological polar surface area (TPSA) is 136 Å². The van der Waals surface area contributed by atoms with Gasteiger partial charge in [0.1, 0.15) is 30.8 Å². The second kappa shape index (κ2) is 16.7. The van der Waals surface area contributed by atoms with Crippen LogP contribution in [-0.4, -0.2) is 70.7 Å². The van der Waals surface area contributed by atoms with Crippen LogP contribution in [0.4, 0.5) is 0 Å². The summed E-state index contributed by atoms with van der Waals surface area (Å²) >= 11 is 6.77. The highest BCUT2D eigenvalue weighted by molar-refractivity contribution is 6.32. The van der Waals surface area contributed by atoms with Gasteiger partial charge in [0.25, 0.3) is 12.4 Å². The number of benzene rings is 3. The molecular formula is C37H39ClN4O6. The van der Waals surface area contributed by atoms with Gasteiger partial charge in [0.2, 0.25) is 0 Å². The molecule has 2 heterocycles. The van der Waals surface area contributed by atoms with Crippen LogP contribution in [0.15, 0.2) is 67.0 Å². The lowest BCUT2D eigenvalue weighted by molar-refractivity contribution is -0.122. The summed E-state index contributed by atoms with van der Waals surface area (Å²) in [6.07, 6.45) is 3.58. The fraction of sp³-hybridized carbons (Fsp3) is 0.297. The van der Waals surface area contributed by atoms with Crippen molar-refractivity contribution < 1.29 is 29.3 Å². The van der Waals surface area contributed by atoms with E-state index in [9.17, 15) is 15.2 Å². The number of hydrogen-bond donors (Lipinski definition) is 2. The van der Waals surface area contributed by atoms with Crippen molar-refractivity contribution in [2.75, 3.05) is 27.2 Å². The van der Waals surface area contributed by atoms with Crippen molar-refractivity contribution in [3.8, 4) is 28.7 Å². The second-order valence-electron chi connectivity index (χ2n) is 11.7. The third-order valence-electron chi connectivity index (χ3n) is 8.16. The molecule has 1 atom stereocenters. The number of nitrogens with zero attached hydrogens (tertiary/aromatic N) is 4. The Morgan fingerprint density at radius 1 is 1.04 bits per heavy atom. The zero-order chi connectivity index (χ0) is 34.8. The summed E-state index contributed by atoms with van der Waals surface area (Å²) in [5.74, 6) is 1.07. The fourth-order valence-electron chi connectivity index (χ4n) is 5.62. The van der Waals surface area contributed by atoms with Gasteiger partial charge < -0.3 is 24.6 Å². The SMILES string of the molecule is Cc1c(COc2cc(OCc3cncc(C#N)c3)c(CN3CCC(O)C3)cc2Cl)cccc1-c1cccc(C(=O)N(C)C)c1C.O=CO. The van der Waals surface area contributed by atoms with E-state index in [1.807, 2.05) is 49.4 Å². The van der Waals surface area contributed by atoms with Crippen molar-refractivity contribution in [2.45, 2.75) is 46.1 Å². The first-order chi connectivity index (χ1) is 23.1. The summed E-state index contributed by atoms with van der Waals surface area (Å²) in [6.45, 7) is 6.22. The number of carbonyl (C=O) groups excluding carboxylic acids is 1. The number of aliphatic hydroxyl groups excluding tert-OH is 1. The minimum absolute atomic E-state index is 0.0301. The largest absolute Gasteiger partial charge is 0.488 e. The van der Waals surface area contributed by atoms with Gasteiger partial charge in [-0.2, -0.15) is 5.26 Å². The first-order valence-corrected chi connectivity index (χ1v) is 15.7. The van der Waals surface area contributed by atoms with Gasteiger partial charge in [-0.15, -0.1) is 0 Å². The molecule has 1 fully saturated rings. The molecule has 48 heavy (non-hydrogen) atoms. The van der Waals surface area contributed by atoms with Crippen LogP contribution in [0.1, 0.15) is 50.2 Å². The van der Waals surface area contributed by atoms with Gasteiger partial charge in [-0.1, -0.05) is 41.9 Å². The molecule has 0 saturated carbocycles. The molecule has 0 bridgehead atoms. The van der Waals surface area contributed by atoms with Gasteiger partial charge in [0.05, 0.1) is 16.7 Å². The highest BCUT2D eigenvalue weighted by Crippen LogP contribution is 2.36. The average molecular weight is 671 g/mol. The van der Waals surface area contributed by atoms with E-state index in [-0.39, 0.29) is 31.7 Å². The summed E-state index contributed by atoms with van der Waals surface area (Å²) < 4.78 is 12.6. The monoisotopic (exact) mass is 670 g/mol. The predicted molar refractivity (Wildman–Crippen MR) is 183 cm³/mol. The Hall–Kier alpha value is -4.95. The third kappa shape index (κ3) is 8.89. The van der Waals surface area contributed by atoms with Crippen molar-refractivity contribution >= 4 is 24.0 Å². The minimum Gasteiger partial charge on any atom is -0.488 e. The number of likely N-dealkylation sites (tertiary alicyclic amines) is 1. The number of β-amino-alcohol motifs (C(OH)–C–C–N with tert-alkyl or cyclic N) is 1. The molecule has 2 N–H and O–H groups in total. The van der Waals surface area contributed by atoms with Crippen LogP contribution in [0.25, 0.3) is 11.1 Å². The molecule has 1 unspecified atom stereocenters. The lowest BCUT2D eigenvalue weighted by Gasteiger charge is -2.20. The van der Waals surface area contributed by atoms with Crippen LogP contribution in [0.5, 0.6) is 11.5 Å². The first-order valence-electron chi connectivity index (χ1n) is 15.4. The summed E-state index contributed by atoms with van der Waals surface area (Å²) in [5, 5.41) is 26.7. The van der Waals surface area contributed by atoms with Crippen LogP contribution in [0.3, 0.4) is 0 Å². The Labute approximate surface area is 285 Å². The van der Waals surface area contributed by atoms with E-state index in [1.54, 1.807) is 31.3 Å². The number of aliphatic hydroxyl groups is 1. The number of carboxylic acid groups (broad SMARTS) is 1. The Bertz CT molecular complexity index is 1810. The number of rotatable bonds is 10. The smallest absolute Gasteiger partial charge is 0.290 e. The number of aromatic nitrogens is 1.